The zero-order valence-electron chi connectivity index (χ0n) is 8.55. The van der Waals surface area contributed by atoms with Gasteiger partial charge in [0.2, 0.25) is 0 Å². The molecule has 0 amide bonds. The molecular formula is C10H21NO. The predicted molar refractivity (Wildman–Crippen MR) is 52.3 cm³/mol. The molecule has 0 aromatic rings. The molecule has 0 rings (SSSR count). The van der Waals surface area contributed by atoms with E-state index in [1.165, 1.54) is 12.8 Å². The number of carbonyl (C=O) groups excluding carboxylic acids is 1. The monoisotopic (exact) mass is 171 g/mol. The van der Waals surface area contributed by atoms with E-state index in [1.54, 1.807) is 0 Å². The van der Waals surface area contributed by atoms with Gasteiger partial charge in [0, 0.05) is 12.5 Å². The van der Waals surface area contributed by atoms with Crippen LogP contribution in [0, 0.1) is 5.92 Å². The van der Waals surface area contributed by atoms with E-state index in [1.807, 2.05) is 6.92 Å². The zero-order valence-corrected chi connectivity index (χ0v) is 8.55. The van der Waals surface area contributed by atoms with Crippen molar-refractivity contribution in [1.29, 1.82) is 0 Å². The third-order valence-electron chi connectivity index (χ3n) is 1.86. The van der Waals surface area contributed by atoms with Crippen LogP contribution in [-0.4, -0.2) is 30.8 Å². The van der Waals surface area contributed by atoms with Crippen molar-refractivity contribution in [3.8, 4) is 0 Å². The number of hydrogen-bond acceptors (Lipinski definition) is 2. The first-order chi connectivity index (χ1) is 5.74. The lowest BCUT2D eigenvalue weighted by Crippen LogP contribution is -2.30. The Morgan fingerprint density at radius 1 is 1.25 bits per heavy atom. The molecule has 0 aromatic carbocycles. The molecule has 0 saturated heterocycles. The second kappa shape index (κ2) is 7.29. The molecule has 0 aromatic heterocycles. The SMILES string of the molecule is CCCN(CCC)CC(C)C=O. The average Bonchev–Trinajstić information content (AvgIpc) is 2.05. The van der Waals surface area contributed by atoms with Crippen molar-refractivity contribution < 1.29 is 4.79 Å². The molecule has 0 aliphatic carbocycles. The van der Waals surface area contributed by atoms with Crippen LogP contribution in [0.5, 0.6) is 0 Å². The van der Waals surface area contributed by atoms with E-state index in [9.17, 15) is 4.79 Å². The molecule has 1 atom stereocenters. The van der Waals surface area contributed by atoms with Gasteiger partial charge in [0.15, 0.2) is 0 Å². The lowest BCUT2D eigenvalue weighted by atomic mass is 10.2. The minimum atomic E-state index is 0.183. The summed E-state index contributed by atoms with van der Waals surface area (Å²) in [5, 5.41) is 0. The molecule has 0 heterocycles. The highest BCUT2D eigenvalue weighted by Crippen LogP contribution is 1.99. The molecule has 2 nitrogen and oxygen atoms in total. The summed E-state index contributed by atoms with van der Waals surface area (Å²) in [7, 11) is 0. The van der Waals surface area contributed by atoms with Gasteiger partial charge in [0.25, 0.3) is 0 Å². The molecule has 72 valence electrons. The molecular weight excluding hydrogens is 150 g/mol. The standard InChI is InChI=1S/C10H21NO/c1-4-6-11(7-5-2)8-10(3)9-12/h9-10H,4-8H2,1-3H3. The van der Waals surface area contributed by atoms with Crippen LogP contribution in [0.1, 0.15) is 33.6 Å². The smallest absolute Gasteiger partial charge is 0.124 e. The van der Waals surface area contributed by atoms with Crippen LogP contribution in [0.2, 0.25) is 0 Å². The highest BCUT2D eigenvalue weighted by molar-refractivity contribution is 5.52. The van der Waals surface area contributed by atoms with Crippen molar-refractivity contribution in [2.75, 3.05) is 19.6 Å². The summed E-state index contributed by atoms with van der Waals surface area (Å²) in [4.78, 5) is 12.8. The van der Waals surface area contributed by atoms with E-state index in [4.69, 9.17) is 0 Å². The minimum Gasteiger partial charge on any atom is -0.303 e. The Hall–Kier alpha value is -0.370. The van der Waals surface area contributed by atoms with Crippen LogP contribution in [-0.2, 0) is 4.79 Å². The topological polar surface area (TPSA) is 20.3 Å². The van der Waals surface area contributed by atoms with Crippen LogP contribution < -0.4 is 0 Å². The number of aldehydes is 1. The van der Waals surface area contributed by atoms with Crippen LogP contribution in [0.3, 0.4) is 0 Å². The average molecular weight is 171 g/mol. The highest BCUT2D eigenvalue weighted by atomic mass is 16.1. The van der Waals surface area contributed by atoms with Gasteiger partial charge in [-0.25, -0.2) is 0 Å². The number of rotatable bonds is 7. The number of carbonyl (C=O) groups is 1. The van der Waals surface area contributed by atoms with Gasteiger partial charge in [0.1, 0.15) is 6.29 Å². The van der Waals surface area contributed by atoms with Gasteiger partial charge in [-0.2, -0.15) is 0 Å². The normalized spacial score (nSPS) is 13.3. The Morgan fingerprint density at radius 2 is 1.75 bits per heavy atom. The zero-order chi connectivity index (χ0) is 9.40. The molecule has 1 unspecified atom stereocenters. The van der Waals surface area contributed by atoms with Crippen molar-refractivity contribution >= 4 is 6.29 Å². The van der Waals surface area contributed by atoms with Gasteiger partial charge in [-0.05, 0) is 25.9 Å². The molecule has 0 spiro atoms. The van der Waals surface area contributed by atoms with Crippen LogP contribution >= 0.6 is 0 Å². The van der Waals surface area contributed by atoms with Crippen molar-refractivity contribution in [2.45, 2.75) is 33.6 Å². The molecule has 0 N–H and O–H groups in total. The van der Waals surface area contributed by atoms with E-state index in [2.05, 4.69) is 18.7 Å². The van der Waals surface area contributed by atoms with E-state index in [0.717, 1.165) is 25.9 Å². The summed E-state index contributed by atoms with van der Waals surface area (Å²) in [6.07, 6.45) is 3.38. The Labute approximate surface area is 75.9 Å². The summed E-state index contributed by atoms with van der Waals surface area (Å²) >= 11 is 0. The Balaban J connectivity index is 3.68. The van der Waals surface area contributed by atoms with Gasteiger partial charge in [-0.1, -0.05) is 20.8 Å². The van der Waals surface area contributed by atoms with E-state index >= 15 is 0 Å². The van der Waals surface area contributed by atoms with Gasteiger partial charge >= 0.3 is 0 Å². The lowest BCUT2D eigenvalue weighted by Gasteiger charge is -2.22. The second-order valence-corrected chi connectivity index (χ2v) is 3.41. The van der Waals surface area contributed by atoms with Gasteiger partial charge in [-0.3, -0.25) is 0 Å². The lowest BCUT2D eigenvalue weighted by molar-refractivity contribution is -0.111. The quantitative estimate of drug-likeness (QED) is 0.546. The molecule has 0 aliphatic heterocycles. The molecule has 0 saturated carbocycles. The first kappa shape index (κ1) is 11.6. The van der Waals surface area contributed by atoms with E-state index in [0.29, 0.717) is 0 Å². The maximum absolute atomic E-state index is 10.4. The Morgan fingerprint density at radius 3 is 2.08 bits per heavy atom. The fraction of sp³-hybridized carbons (Fsp3) is 0.900. The molecule has 0 aliphatic rings. The fourth-order valence-corrected chi connectivity index (χ4v) is 1.38. The molecule has 12 heavy (non-hydrogen) atoms. The van der Waals surface area contributed by atoms with Crippen LogP contribution in [0.15, 0.2) is 0 Å². The van der Waals surface area contributed by atoms with Gasteiger partial charge < -0.3 is 9.69 Å². The Kier molecular flexibility index (Phi) is 7.06. The molecule has 0 bridgehead atoms. The summed E-state index contributed by atoms with van der Waals surface area (Å²) in [6, 6.07) is 0. The van der Waals surface area contributed by atoms with Crippen LogP contribution in [0.4, 0.5) is 0 Å². The summed E-state index contributed by atoms with van der Waals surface area (Å²) in [5.41, 5.74) is 0. The second-order valence-electron chi connectivity index (χ2n) is 3.41. The summed E-state index contributed by atoms with van der Waals surface area (Å²) in [5.74, 6) is 0.183. The van der Waals surface area contributed by atoms with Crippen LogP contribution in [0.25, 0.3) is 0 Å². The van der Waals surface area contributed by atoms with Crippen molar-refractivity contribution in [3.05, 3.63) is 0 Å². The van der Waals surface area contributed by atoms with Gasteiger partial charge in [-0.15, -0.1) is 0 Å². The largest absolute Gasteiger partial charge is 0.303 e. The third kappa shape index (κ3) is 5.30. The molecule has 2 heteroatoms. The highest BCUT2D eigenvalue weighted by Gasteiger charge is 2.06. The van der Waals surface area contributed by atoms with Gasteiger partial charge in [0.05, 0.1) is 0 Å². The first-order valence-corrected chi connectivity index (χ1v) is 4.92. The third-order valence-corrected chi connectivity index (χ3v) is 1.86. The van der Waals surface area contributed by atoms with Crippen molar-refractivity contribution in [3.63, 3.8) is 0 Å². The van der Waals surface area contributed by atoms with Crippen molar-refractivity contribution in [1.82, 2.24) is 4.90 Å². The number of nitrogens with zero attached hydrogens (tertiary/aromatic N) is 1. The summed E-state index contributed by atoms with van der Waals surface area (Å²) < 4.78 is 0. The Bertz CT molecular complexity index is 108. The molecule has 0 radical (unpaired) electrons. The minimum absolute atomic E-state index is 0.183. The summed E-state index contributed by atoms with van der Waals surface area (Å²) in [6.45, 7) is 9.48. The fourth-order valence-electron chi connectivity index (χ4n) is 1.38. The number of hydrogen-bond donors (Lipinski definition) is 0. The van der Waals surface area contributed by atoms with E-state index < -0.39 is 0 Å². The van der Waals surface area contributed by atoms with Crippen molar-refractivity contribution in [2.24, 2.45) is 5.92 Å². The first-order valence-electron chi connectivity index (χ1n) is 4.92. The maximum atomic E-state index is 10.4. The van der Waals surface area contributed by atoms with E-state index in [-0.39, 0.29) is 5.92 Å². The maximum Gasteiger partial charge on any atom is 0.124 e. The molecule has 0 fully saturated rings. The predicted octanol–water partition coefficient (Wildman–Crippen LogP) is 1.94.